The van der Waals surface area contributed by atoms with Crippen molar-refractivity contribution in [3.05, 3.63) is 33.9 Å². The molecule has 5 heteroatoms. The topological polar surface area (TPSA) is 53.7 Å². The van der Waals surface area contributed by atoms with E-state index < -0.39 is 6.29 Å². The first kappa shape index (κ1) is 14.0. The van der Waals surface area contributed by atoms with Gasteiger partial charge in [-0.3, -0.25) is 0 Å². The van der Waals surface area contributed by atoms with E-state index in [1.807, 2.05) is 18.2 Å². The van der Waals surface area contributed by atoms with Gasteiger partial charge < -0.3 is 19.9 Å². The maximum atomic E-state index is 5.87. The molecule has 0 amide bonds. The van der Waals surface area contributed by atoms with Crippen molar-refractivity contribution in [2.45, 2.75) is 6.29 Å². The number of hydrogen-bond donors (Lipinski definition) is 1. The molecule has 0 aromatic heterocycles. The molecule has 0 heterocycles. The molecule has 0 saturated carbocycles. The van der Waals surface area contributed by atoms with Gasteiger partial charge in [0.2, 0.25) is 0 Å². The zero-order valence-electron chi connectivity index (χ0n) is 10.1. The van der Waals surface area contributed by atoms with Crippen LogP contribution in [0.1, 0.15) is 5.56 Å². The van der Waals surface area contributed by atoms with E-state index in [1.54, 1.807) is 13.2 Å². The van der Waals surface area contributed by atoms with E-state index >= 15 is 0 Å². The van der Waals surface area contributed by atoms with E-state index in [0.717, 1.165) is 15.8 Å². The van der Waals surface area contributed by atoms with Crippen molar-refractivity contribution in [2.75, 3.05) is 21.3 Å². The molecule has 0 atom stereocenters. The van der Waals surface area contributed by atoms with E-state index in [1.165, 1.54) is 14.2 Å². The lowest BCUT2D eigenvalue weighted by atomic mass is 10.2. The van der Waals surface area contributed by atoms with Gasteiger partial charge in [-0.1, -0.05) is 15.9 Å². The Balaban J connectivity index is 3.00. The Bertz CT molecular complexity index is 403. The second-order valence-corrected chi connectivity index (χ2v) is 4.29. The second-order valence-electron chi connectivity index (χ2n) is 3.37. The van der Waals surface area contributed by atoms with Crippen molar-refractivity contribution in [3.63, 3.8) is 0 Å². The minimum Gasteiger partial charge on any atom is -0.497 e. The van der Waals surface area contributed by atoms with Crippen LogP contribution >= 0.6 is 15.9 Å². The third-order valence-corrected chi connectivity index (χ3v) is 2.62. The van der Waals surface area contributed by atoms with E-state index in [4.69, 9.17) is 19.9 Å². The summed E-state index contributed by atoms with van der Waals surface area (Å²) in [4.78, 5) is 0. The highest BCUT2D eigenvalue weighted by Gasteiger charge is 2.08. The molecule has 0 saturated heterocycles. The third kappa shape index (κ3) is 4.03. The summed E-state index contributed by atoms with van der Waals surface area (Å²) in [5.41, 5.74) is 7.27. The van der Waals surface area contributed by atoms with Gasteiger partial charge in [-0.2, -0.15) is 0 Å². The van der Waals surface area contributed by atoms with Gasteiger partial charge in [0.15, 0.2) is 6.29 Å². The molecule has 0 spiro atoms. The quantitative estimate of drug-likeness (QED) is 0.849. The standard InChI is InChI=1S/C12H16BrNO3/c1-15-10-5-8(4-9(13)7-10)6-11(14)12(16-2)17-3/h4-7,12H,14H2,1-3H3. The van der Waals surface area contributed by atoms with Crippen LogP contribution in [0.2, 0.25) is 0 Å². The molecule has 2 N–H and O–H groups in total. The fourth-order valence-corrected chi connectivity index (χ4v) is 1.90. The Morgan fingerprint density at radius 1 is 1.24 bits per heavy atom. The van der Waals surface area contributed by atoms with Crippen LogP contribution in [0, 0.1) is 0 Å². The first-order valence-electron chi connectivity index (χ1n) is 4.98. The zero-order valence-corrected chi connectivity index (χ0v) is 11.7. The van der Waals surface area contributed by atoms with Crippen molar-refractivity contribution in [1.29, 1.82) is 0 Å². The first-order valence-corrected chi connectivity index (χ1v) is 5.77. The number of rotatable bonds is 5. The summed E-state index contributed by atoms with van der Waals surface area (Å²) in [6.07, 6.45) is 1.24. The average molecular weight is 302 g/mol. The van der Waals surface area contributed by atoms with E-state index in [9.17, 15) is 0 Å². The zero-order chi connectivity index (χ0) is 12.8. The summed E-state index contributed by atoms with van der Waals surface area (Å²) in [7, 11) is 4.69. The van der Waals surface area contributed by atoms with Crippen LogP contribution in [0.4, 0.5) is 0 Å². The number of hydrogen-bond acceptors (Lipinski definition) is 4. The maximum Gasteiger partial charge on any atom is 0.197 e. The molecule has 1 rings (SSSR count). The summed E-state index contributed by atoms with van der Waals surface area (Å²) in [6.45, 7) is 0. The van der Waals surface area contributed by atoms with Crippen molar-refractivity contribution in [3.8, 4) is 5.75 Å². The van der Waals surface area contributed by atoms with Crippen LogP contribution in [-0.4, -0.2) is 27.6 Å². The van der Waals surface area contributed by atoms with Gasteiger partial charge >= 0.3 is 0 Å². The highest BCUT2D eigenvalue weighted by molar-refractivity contribution is 9.10. The molecule has 1 aromatic rings. The van der Waals surface area contributed by atoms with Crippen molar-refractivity contribution in [1.82, 2.24) is 0 Å². The highest BCUT2D eigenvalue weighted by atomic mass is 79.9. The van der Waals surface area contributed by atoms with Gasteiger partial charge in [0.05, 0.1) is 12.8 Å². The maximum absolute atomic E-state index is 5.87. The lowest BCUT2D eigenvalue weighted by Crippen LogP contribution is -2.21. The van der Waals surface area contributed by atoms with Crippen molar-refractivity contribution in [2.24, 2.45) is 5.73 Å². The Hall–Kier alpha value is -1.04. The predicted octanol–water partition coefficient (Wildman–Crippen LogP) is 2.38. The first-order chi connectivity index (χ1) is 8.10. The molecule has 0 aliphatic rings. The van der Waals surface area contributed by atoms with E-state index in [0.29, 0.717) is 5.70 Å². The fraction of sp³-hybridized carbons (Fsp3) is 0.333. The average Bonchev–Trinajstić information content (AvgIpc) is 2.29. The molecule has 1 aromatic carbocycles. The van der Waals surface area contributed by atoms with E-state index in [2.05, 4.69) is 15.9 Å². The summed E-state index contributed by atoms with van der Waals surface area (Å²) >= 11 is 3.40. The minimum atomic E-state index is -0.542. The van der Waals surface area contributed by atoms with Crippen LogP contribution < -0.4 is 10.5 Å². The summed E-state index contributed by atoms with van der Waals surface area (Å²) in [5, 5.41) is 0. The minimum absolute atomic E-state index is 0.496. The number of methoxy groups -OCH3 is 3. The van der Waals surface area contributed by atoms with Crippen molar-refractivity contribution < 1.29 is 14.2 Å². The van der Waals surface area contributed by atoms with Gasteiger partial charge in [-0.05, 0) is 29.8 Å². The summed E-state index contributed by atoms with van der Waals surface area (Å²) < 4.78 is 16.2. The summed E-state index contributed by atoms with van der Waals surface area (Å²) in [6, 6.07) is 5.68. The molecule has 0 aliphatic heterocycles. The van der Waals surface area contributed by atoms with E-state index in [-0.39, 0.29) is 0 Å². The SMILES string of the molecule is COc1cc(Br)cc(C=C(N)C(OC)OC)c1. The van der Waals surface area contributed by atoms with Crippen LogP contribution in [0.3, 0.4) is 0 Å². The highest BCUT2D eigenvalue weighted by Crippen LogP contribution is 2.22. The second kappa shape index (κ2) is 6.64. The molecule has 17 heavy (non-hydrogen) atoms. The molecule has 0 radical (unpaired) electrons. The summed E-state index contributed by atoms with van der Waals surface area (Å²) in [5.74, 6) is 0.754. The molecular formula is C12H16BrNO3. The number of benzene rings is 1. The molecule has 0 unspecified atom stereocenters. The molecule has 0 bridgehead atoms. The smallest absolute Gasteiger partial charge is 0.197 e. The third-order valence-electron chi connectivity index (χ3n) is 2.16. The van der Waals surface area contributed by atoms with Crippen LogP contribution in [0.5, 0.6) is 5.75 Å². The van der Waals surface area contributed by atoms with Gasteiger partial charge in [0.1, 0.15) is 5.75 Å². The Kier molecular flexibility index (Phi) is 5.47. The van der Waals surface area contributed by atoms with Gasteiger partial charge in [0, 0.05) is 18.7 Å². The van der Waals surface area contributed by atoms with Crippen LogP contribution in [-0.2, 0) is 9.47 Å². The molecule has 94 valence electrons. The molecule has 0 aliphatic carbocycles. The predicted molar refractivity (Wildman–Crippen MR) is 70.7 cm³/mol. The molecular weight excluding hydrogens is 286 g/mol. The number of nitrogens with two attached hydrogens (primary N) is 1. The van der Waals surface area contributed by atoms with Gasteiger partial charge in [0.25, 0.3) is 0 Å². The Morgan fingerprint density at radius 3 is 2.41 bits per heavy atom. The molecule has 4 nitrogen and oxygen atoms in total. The van der Waals surface area contributed by atoms with Crippen LogP contribution in [0.15, 0.2) is 28.4 Å². The molecule has 0 fully saturated rings. The van der Waals surface area contributed by atoms with Gasteiger partial charge in [-0.25, -0.2) is 0 Å². The lowest BCUT2D eigenvalue weighted by molar-refractivity contribution is -0.0749. The van der Waals surface area contributed by atoms with Crippen molar-refractivity contribution >= 4 is 22.0 Å². The lowest BCUT2D eigenvalue weighted by Gasteiger charge is -2.13. The van der Waals surface area contributed by atoms with Crippen LogP contribution in [0.25, 0.3) is 6.08 Å². The van der Waals surface area contributed by atoms with Gasteiger partial charge in [-0.15, -0.1) is 0 Å². The fourth-order valence-electron chi connectivity index (χ4n) is 1.41. The Labute approximate surface area is 109 Å². The normalized spacial score (nSPS) is 11.9. The number of ether oxygens (including phenoxy) is 3. The Morgan fingerprint density at radius 2 is 1.88 bits per heavy atom. The number of halogens is 1. The largest absolute Gasteiger partial charge is 0.497 e. The monoisotopic (exact) mass is 301 g/mol.